The van der Waals surface area contributed by atoms with E-state index in [9.17, 15) is 12.8 Å². The van der Waals surface area contributed by atoms with Gasteiger partial charge >= 0.3 is 0 Å². The van der Waals surface area contributed by atoms with Crippen LogP contribution in [0.15, 0.2) is 41.6 Å². The van der Waals surface area contributed by atoms with E-state index < -0.39 is 15.8 Å². The van der Waals surface area contributed by atoms with Crippen molar-refractivity contribution in [2.45, 2.75) is 17.9 Å². The van der Waals surface area contributed by atoms with Gasteiger partial charge in [0.2, 0.25) is 10.0 Å². The molecule has 6 nitrogen and oxygen atoms in total. The van der Waals surface area contributed by atoms with E-state index in [1.165, 1.54) is 16.4 Å². The first kappa shape index (κ1) is 21.1. The van der Waals surface area contributed by atoms with E-state index in [1.54, 1.807) is 6.20 Å². The van der Waals surface area contributed by atoms with E-state index in [-0.39, 0.29) is 22.3 Å². The van der Waals surface area contributed by atoms with Crippen LogP contribution in [0, 0.1) is 5.82 Å². The quantitative estimate of drug-likeness (QED) is 0.742. The zero-order valence-electron chi connectivity index (χ0n) is 14.1. The lowest BCUT2D eigenvalue weighted by Gasteiger charge is -2.21. The number of benzene rings is 1. The number of aromatic nitrogens is 2. The van der Waals surface area contributed by atoms with E-state index in [4.69, 9.17) is 11.6 Å². The molecular weight excluding hydrogens is 402 g/mol. The summed E-state index contributed by atoms with van der Waals surface area (Å²) in [7, 11) is -3.67. The third-order valence-corrected chi connectivity index (χ3v) is 6.47. The molecule has 1 aliphatic heterocycles. The molecule has 2 heterocycles. The van der Waals surface area contributed by atoms with Gasteiger partial charge in [-0.15, -0.1) is 12.4 Å². The average molecular weight is 423 g/mol. The Labute approximate surface area is 164 Å². The Hall–Kier alpha value is -1.19. The van der Waals surface area contributed by atoms with Gasteiger partial charge in [0.25, 0.3) is 0 Å². The van der Waals surface area contributed by atoms with Gasteiger partial charge in [-0.3, -0.25) is 4.68 Å². The summed E-state index contributed by atoms with van der Waals surface area (Å²) < 4.78 is 42.1. The highest BCUT2D eigenvalue weighted by atomic mass is 35.5. The van der Waals surface area contributed by atoms with Crippen molar-refractivity contribution in [2.75, 3.05) is 32.7 Å². The molecule has 1 aromatic heterocycles. The van der Waals surface area contributed by atoms with Gasteiger partial charge in [-0.25, -0.2) is 12.8 Å². The maximum absolute atomic E-state index is 13.3. The van der Waals surface area contributed by atoms with E-state index in [1.807, 2.05) is 16.9 Å². The summed E-state index contributed by atoms with van der Waals surface area (Å²) in [4.78, 5) is 2.26. The van der Waals surface area contributed by atoms with Crippen molar-refractivity contribution >= 4 is 34.0 Å². The topological polar surface area (TPSA) is 58.4 Å². The zero-order valence-corrected chi connectivity index (χ0v) is 16.5. The molecule has 0 unspecified atom stereocenters. The Morgan fingerprint density at radius 1 is 1.15 bits per heavy atom. The van der Waals surface area contributed by atoms with Gasteiger partial charge in [0.1, 0.15) is 5.82 Å². The minimum absolute atomic E-state index is 0. The zero-order chi connectivity index (χ0) is 17.9. The van der Waals surface area contributed by atoms with Crippen molar-refractivity contribution in [1.82, 2.24) is 19.0 Å². The lowest BCUT2D eigenvalue weighted by Crippen LogP contribution is -2.36. The molecule has 1 fully saturated rings. The summed E-state index contributed by atoms with van der Waals surface area (Å²) in [6, 6.07) is 5.40. The fraction of sp³-hybridized carbons (Fsp3) is 0.438. The molecule has 0 atom stereocenters. The van der Waals surface area contributed by atoms with Crippen molar-refractivity contribution in [2.24, 2.45) is 0 Å². The SMILES string of the molecule is Cl.O=S(=O)(c1ccc(F)c(Cl)c1)N1CCCN(CCn2cccn2)CC1. The number of sulfonamides is 1. The van der Waals surface area contributed by atoms with E-state index in [0.29, 0.717) is 19.6 Å². The minimum atomic E-state index is -3.67. The monoisotopic (exact) mass is 422 g/mol. The molecule has 1 aliphatic rings. The molecule has 0 bridgehead atoms. The van der Waals surface area contributed by atoms with Crippen molar-refractivity contribution in [1.29, 1.82) is 0 Å². The van der Waals surface area contributed by atoms with Gasteiger partial charge < -0.3 is 4.90 Å². The predicted octanol–water partition coefficient (Wildman–Crippen LogP) is 2.49. The molecule has 0 spiro atoms. The number of rotatable bonds is 5. The lowest BCUT2D eigenvalue weighted by molar-refractivity contribution is 0.270. The van der Waals surface area contributed by atoms with Gasteiger partial charge in [-0.05, 0) is 37.2 Å². The highest BCUT2D eigenvalue weighted by Gasteiger charge is 2.27. The van der Waals surface area contributed by atoms with Crippen LogP contribution in [0.3, 0.4) is 0 Å². The van der Waals surface area contributed by atoms with Gasteiger partial charge in [-0.1, -0.05) is 11.6 Å². The van der Waals surface area contributed by atoms with Crippen molar-refractivity contribution in [3.63, 3.8) is 0 Å². The van der Waals surface area contributed by atoms with Crippen LogP contribution in [-0.2, 0) is 16.6 Å². The summed E-state index contributed by atoms with van der Waals surface area (Å²) in [5.41, 5.74) is 0. The first-order valence-corrected chi connectivity index (χ1v) is 9.93. The van der Waals surface area contributed by atoms with Crippen molar-refractivity contribution in [3.05, 3.63) is 47.5 Å². The number of hydrogen-bond acceptors (Lipinski definition) is 4. The molecule has 1 aromatic carbocycles. The first-order valence-electron chi connectivity index (χ1n) is 8.12. The summed E-state index contributed by atoms with van der Waals surface area (Å²) in [5.74, 6) is -0.624. The molecule has 0 radical (unpaired) electrons. The normalized spacial score (nSPS) is 16.8. The molecule has 26 heavy (non-hydrogen) atoms. The lowest BCUT2D eigenvalue weighted by atomic mass is 10.3. The number of nitrogens with zero attached hydrogens (tertiary/aromatic N) is 4. The Morgan fingerprint density at radius 3 is 2.65 bits per heavy atom. The number of hydrogen-bond donors (Lipinski definition) is 0. The Kier molecular flexibility index (Phi) is 7.42. The standard InChI is InChI=1S/C16H20ClFN4O2S.ClH/c17-15-13-14(3-4-16(15)18)25(23,24)22-8-2-6-20(10-12-22)9-11-21-7-1-5-19-21;/h1,3-5,7,13H,2,6,8-12H2;1H. The fourth-order valence-corrected chi connectivity index (χ4v) is 4.62. The van der Waals surface area contributed by atoms with Crippen molar-refractivity contribution in [3.8, 4) is 0 Å². The highest BCUT2D eigenvalue weighted by molar-refractivity contribution is 7.89. The molecule has 0 N–H and O–H groups in total. The number of halogens is 3. The van der Waals surface area contributed by atoms with Crippen LogP contribution >= 0.6 is 24.0 Å². The molecule has 0 saturated carbocycles. The summed E-state index contributed by atoms with van der Waals surface area (Å²) in [6.07, 6.45) is 4.39. The summed E-state index contributed by atoms with van der Waals surface area (Å²) in [5, 5.41) is 3.99. The van der Waals surface area contributed by atoms with Gasteiger partial charge in [0.05, 0.1) is 16.5 Å². The molecule has 144 valence electrons. The second-order valence-electron chi connectivity index (χ2n) is 5.94. The molecule has 1 saturated heterocycles. The molecule has 10 heteroatoms. The second-order valence-corrected chi connectivity index (χ2v) is 8.29. The Balaban J connectivity index is 0.00000243. The maximum Gasteiger partial charge on any atom is 0.243 e. The van der Waals surface area contributed by atoms with Crippen LogP contribution < -0.4 is 0 Å². The molecule has 3 rings (SSSR count). The smallest absolute Gasteiger partial charge is 0.243 e. The van der Waals surface area contributed by atoms with Crippen LogP contribution in [-0.4, -0.2) is 60.1 Å². The minimum Gasteiger partial charge on any atom is -0.300 e. The van der Waals surface area contributed by atoms with E-state index in [2.05, 4.69) is 10.00 Å². The van der Waals surface area contributed by atoms with Crippen molar-refractivity contribution < 1.29 is 12.8 Å². The van der Waals surface area contributed by atoms with Crippen LogP contribution in [0.1, 0.15) is 6.42 Å². The summed E-state index contributed by atoms with van der Waals surface area (Å²) >= 11 is 5.73. The average Bonchev–Trinajstić information content (AvgIpc) is 2.99. The van der Waals surface area contributed by atoms with Crippen LogP contribution in [0.5, 0.6) is 0 Å². The van der Waals surface area contributed by atoms with Gasteiger partial charge in [-0.2, -0.15) is 9.40 Å². The third-order valence-electron chi connectivity index (χ3n) is 4.28. The first-order chi connectivity index (χ1) is 12.0. The largest absolute Gasteiger partial charge is 0.300 e. The molecular formula is C16H21Cl2FN4O2S. The van der Waals surface area contributed by atoms with Crippen LogP contribution in [0.4, 0.5) is 4.39 Å². The maximum atomic E-state index is 13.3. The summed E-state index contributed by atoms with van der Waals surface area (Å²) in [6.45, 7) is 3.91. The molecule has 0 amide bonds. The molecule has 2 aromatic rings. The van der Waals surface area contributed by atoms with Crippen LogP contribution in [0.2, 0.25) is 5.02 Å². The molecule has 0 aliphatic carbocycles. The van der Waals surface area contributed by atoms with Crippen LogP contribution in [0.25, 0.3) is 0 Å². The van der Waals surface area contributed by atoms with Gasteiger partial charge in [0, 0.05) is 38.6 Å². The Bertz CT molecular complexity index is 818. The fourth-order valence-electron chi connectivity index (χ4n) is 2.87. The van der Waals surface area contributed by atoms with Gasteiger partial charge in [0.15, 0.2) is 0 Å². The van der Waals surface area contributed by atoms with E-state index in [0.717, 1.165) is 32.1 Å². The second kappa shape index (κ2) is 9.14. The third kappa shape index (κ3) is 4.95. The Morgan fingerprint density at radius 2 is 1.96 bits per heavy atom. The highest BCUT2D eigenvalue weighted by Crippen LogP contribution is 2.23. The van der Waals surface area contributed by atoms with E-state index >= 15 is 0 Å². The predicted molar refractivity (Wildman–Crippen MR) is 101 cm³/mol.